The summed E-state index contributed by atoms with van der Waals surface area (Å²) in [4.78, 5) is 11.5. The average Bonchev–Trinajstić information content (AvgIpc) is 3.02. The van der Waals surface area contributed by atoms with E-state index >= 15 is 0 Å². The van der Waals surface area contributed by atoms with Gasteiger partial charge in [-0.25, -0.2) is 9.98 Å². The Hall–Kier alpha value is -1.52. The van der Waals surface area contributed by atoms with Gasteiger partial charge in [0.25, 0.3) is 0 Å². The average molecular weight is 306 g/mol. The molecule has 1 atom stereocenters. The third kappa shape index (κ3) is 4.49. The molecule has 1 aliphatic rings. The number of aryl methyl sites for hydroxylation is 2. The van der Waals surface area contributed by atoms with Crippen molar-refractivity contribution in [3.63, 3.8) is 0 Å². The van der Waals surface area contributed by atoms with Crippen LogP contribution in [0.4, 0.5) is 0 Å². The molecule has 5 nitrogen and oxygen atoms in total. The maximum Gasteiger partial charge on any atom is 0.216 e. The van der Waals surface area contributed by atoms with E-state index in [-0.39, 0.29) is 0 Å². The summed E-state index contributed by atoms with van der Waals surface area (Å²) in [6, 6.07) is 0. The number of nitrogens with zero attached hydrogens (tertiary/aromatic N) is 3. The fraction of sp³-hybridized carbons (Fsp3) is 0.765. The molecule has 1 fully saturated rings. The summed E-state index contributed by atoms with van der Waals surface area (Å²) >= 11 is 0. The van der Waals surface area contributed by atoms with E-state index < -0.39 is 0 Å². The molecule has 1 aromatic heterocycles. The maximum atomic E-state index is 5.61. The summed E-state index contributed by atoms with van der Waals surface area (Å²) in [7, 11) is 0. The molecule has 1 saturated heterocycles. The van der Waals surface area contributed by atoms with Crippen LogP contribution in [0.3, 0.4) is 0 Å². The number of nitrogens with one attached hydrogen (secondary N) is 1. The highest BCUT2D eigenvalue weighted by Gasteiger charge is 2.25. The van der Waals surface area contributed by atoms with Gasteiger partial charge in [-0.15, -0.1) is 0 Å². The van der Waals surface area contributed by atoms with Crippen LogP contribution in [-0.4, -0.2) is 35.5 Å². The Morgan fingerprint density at radius 2 is 2.23 bits per heavy atom. The van der Waals surface area contributed by atoms with E-state index in [1.54, 1.807) is 0 Å². The molecule has 1 unspecified atom stereocenters. The molecule has 124 valence electrons. The predicted molar refractivity (Wildman–Crippen MR) is 89.9 cm³/mol. The Balaban J connectivity index is 1.98. The van der Waals surface area contributed by atoms with Crippen LogP contribution in [0.25, 0.3) is 0 Å². The van der Waals surface area contributed by atoms with Crippen molar-refractivity contribution in [3.8, 4) is 0 Å². The van der Waals surface area contributed by atoms with Gasteiger partial charge in [0.2, 0.25) is 5.89 Å². The first-order valence-electron chi connectivity index (χ1n) is 8.45. The highest BCUT2D eigenvalue weighted by atomic mass is 16.4. The van der Waals surface area contributed by atoms with Gasteiger partial charge in [0.15, 0.2) is 5.96 Å². The Labute approximate surface area is 134 Å². The van der Waals surface area contributed by atoms with Crippen molar-refractivity contribution in [3.05, 3.63) is 17.3 Å². The number of aromatic nitrogens is 1. The molecular weight excluding hydrogens is 276 g/mol. The fourth-order valence-corrected chi connectivity index (χ4v) is 3.06. The molecule has 0 aromatic carbocycles. The lowest BCUT2D eigenvalue weighted by Crippen LogP contribution is -2.40. The number of hydrogen-bond acceptors (Lipinski definition) is 3. The summed E-state index contributed by atoms with van der Waals surface area (Å²) < 4.78 is 5.61. The molecule has 2 rings (SSSR count). The van der Waals surface area contributed by atoms with Crippen LogP contribution in [-0.2, 0) is 6.54 Å². The van der Waals surface area contributed by atoms with Crippen LogP contribution in [0.2, 0.25) is 0 Å². The Kier molecular flexibility index (Phi) is 5.86. The maximum absolute atomic E-state index is 5.61. The normalized spacial score (nSPS) is 19.3. The molecule has 0 spiro atoms. The van der Waals surface area contributed by atoms with Crippen molar-refractivity contribution in [2.45, 2.75) is 54.0 Å². The summed E-state index contributed by atoms with van der Waals surface area (Å²) in [5.41, 5.74) is 0.952. The largest absolute Gasteiger partial charge is 0.444 e. The van der Waals surface area contributed by atoms with Crippen molar-refractivity contribution >= 4 is 5.96 Å². The SMILES string of the molecule is CCNC(=NCc1nc(C)c(C)o1)N1CCC(CC(C)C)C1. The standard InChI is InChI=1S/C17H30N4O/c1-6-18-17(19-10-16-20-13(4)14(5)22-16)21-8-7-15(11-21)9-12(2)3/h12,15H,6-11H2,1-5H3,(H,18,19). The lowest BCUT2D eigenvalue weighted by atomic mass is 9.97. The van der Waals surface area contributed by atoms with Gasteiger partial charge in [-0.05, 0) is 45.4 Å². The van der Waals surface area contributed by atoms with E-state index in [2.05, 4.69) is 36.0 Å². The van der Waals surface area contributed by atoms with Gasteiger partial charge in [0, 0.05) is 19.6 Å². The number of aliphatic imine (C=N–C) groups is 1. The Morgan fingerprint density at radius 1 is 1.45 bits per heavy atom. The molecule has 0 bridgehead atoms. The zero-order valence-corrected chi connectivity index (χ0v) is 14.6. The number of guanidine groups is 1. The fourth-order valence-electron chi connectivity index (χ4n) is 3.06. The molecule has 1 aliphatic heterocycles. The highest BCUT2D eigenvalue weighted by Crippen LogP contribution is 2.23. The summed E-state index contributed by atoms with van der Waals surface area (Å²) in [6.07, 6.45) is 2.56. The molecule has 0 saturated carbocycles. The second-order valence-electron chi connectivity index (χ2n) is 6.65. The number of oxazole rings is 1. The first-order valence-corrected chi connectivity index (χ1v) is 8.45. The second kappa shape index (κ2) is 7.65. The van der Waals surface area contributed by atoms with Gasteiger partial charge in [0.05, 0.1) is 5.69 Å². The van der Waals surface area contributed by atoms with Crippen LogP contribution in [0.15, 0.2) is 9.41 Å². The van der Waals surface area contributed by atoms with Crippen LogP contribution in [0, 0.1) is 25.7 Å². The van der Waals surface area contributed by atoms with Crippen molar-refractivity contribution in [1.29, 1.82) is 0 Å². The molecule has 0 amide bonds. The smallest absolute Gasteiger partial charge is 0.216 e. The monoisotopic (exact) mass is 306 g/mol. The number of rotatable bonds is 5. The van der Waals surface area contributed by atoms with Gasteiger partial charge >= 0.3 is 0 Å². The van der Waals surface area contributed by atoms with Crippen LogP contribution >= 0.6 is 0 Å². The summed E-state index contributed by atoms with van der Waals surface area (Å²) in [6.45, 7) is 14.2. The molecule has 1 N–H and O–H groups in total. The van der Waals surface area contributed by atoms with Gasteiger partial charge < -0.3 is 14.6 Å². The van der Waals surface area contributed by atoms with E-state index in [4.69, 9.17) is 9.41 Å². The first-order chi connectivity index (χ1) is 10.5. The molecular formula is C17H30N4O. The lowest BCUT2D eigenvalue weighted by molar-refractivity contribution is 0.402. The van der Waals surface area contributed by atoms with Gasteiger partial charge in [-0.1, -0.05) is 13.8 Å². The van der Waals surface area contributed by atoms with E-state index in [9.17, 15) is 0 Å². The minimum atomic E-state index is 0.502. The third-order valence-corrected chi connectivity index (χ3v) is 4.16. The summed E-state index contributed by atoms with van der Waals surface area (Å²) in [5, 5.41) is 3.40. The quantitative estimate of drug-likeness (QED) is 0.671. The Bertz CT molecular complexity index is 487. The minimum Gasteiger partial charge on any atom is -0.444 e. The molecule has 2 heterocycles. The van der Waals surface area contributed by atoms with Crippen molar-refractivity contribution in [1.82, 2.24) is 15.2 Å². The third-order valence-electron chi connectivity index (χ3n) is 4.16. The van der Waals surface area contributed by atoms with Crippen LogP contribution < -0.4 is 5.32 Å². The zero-order valence-electron chi connectivity index (χ0n) is 14.6. The Morgan fingerprint density at radius 3 is 2.82 bits per heavy atom. The number of hydrogen-bond donors (Lipinski definition) is 1. The van der Waals surface area contributed by atoms with Gasteiger partial charge in [-0.3, -0.25) is 0 Å². The van der Waals surface area contributed by atoms with Crippen molar-refractivity contribution in [2.24, 2.45) is 16.8 Å². The lowest BCUT2D eigenvalue weighted by Gasteiger charge is -2.21. The van der Waals surface area contributed by atoms with Crippen LogP contribution in [0.5, 0.6) is 0 Å². The zero-order chi connectivity index (χ0) is 16.1. The van der Waals surface area contributed by atoms with Crippen molar-refractivity contribution < 1.29 is 4.42 Å². The summed E-state index contributed by atoms with van der Waals surface area (Å²) in [5.74, 6) is 4.12. The van der Waals surface area contributed by atoms with Crippen molar-refractivity contribution in [2.75, 3.05) is 19.6 Å². The van der Waals surface area contributed by atoms with E-state index in [0.717, 1.165) is 48.9 Å². The molecule has 22 heavy (non-hydrogen) atoms. The predicted octanol–water partition coefficient (Wildman–Crippen LogP) is 3.12. The minimum absolute atomic E-state index is 0.502. The van der Waals surface area contributed by atoms with Gasteiger partial charge in [0.1, 0.15) is 12.3 Å². The van der Waals surface area contributed by atoms with E-state index in [1.165, 1.54) is 12.8 Å². The van der Waals surface area contributed by atoms with E-state index in [1.807, 2.05) is 13.8 Å². The first kappa shape index (κ1) is 16.8. The molecule has 1 aromatic rings. The topological polar surface area (TPSA) is 53.7 Å². The second-order valence-corrected chi connectivity index (χ2v) is 6.65. The molecule has 0 aliphatic carbocycles. The van der Waals surface area contributed by atoms with E-state index in [0.29, 0.717) is 12.4 Å². The molecule has 0 radical (unpaired) electrons. The highest BCUT2D eigenvalue weighted by molar-refractivity contribution is 5.80. The number of likely N-dealkylation sites (tertiary alicyclic amines) is 1. The van der Waals surface area contributed by atoms with Crippen LogP contribution in [0.1, 0.15) is 51.0 Å². The van der Waals surface area contributed by atoms with Gasteiger partial charge in [-0.2, -0.15) is 0 Å². The molecule has 5 heteroatoms.